The minimum atomic E-state index is -5.03. The molecule has 2 aromatic rings. The van der Waals surface area contributed by atoms with E-state index >= 15 is 0 Å². The molecule has 128 valence electrons. The molecule has 0 atom stereocenters. The lowest BCUT2D eigenvalue weighted by molar-refractivity contribution is -0.274. The first-order chi connectivity index (χ1) is 10.9. The van der Waals surface area contributed by atoms with E-state index in [0.29, 0.717) is 23.0 Å². The van der Waals surface area contributed by atoms with Crippen LogP contribution in [0.25, 0.3) is 5.69 Å². The van der Waals surface area contributed by atoms with Gasteiger partial charge < -0.3 is 4.74 Å². The van der Waals surface area contributed by atoms with Crippen LogP contribution >= 0.6 is 23.2 Å². The molecule has 0 bridgehead atoms. The maximum Gasteiger partial charge on any atom is 0.573 e. The van der Waals surface area contributed by atoms with Crippen LogP contribution in [0.5, 0.6) is 5.75 Å². The number of halogens is 8. The highest BCUT2D eigenvalue weighted by molar-refractivity contribution is 6.38. The van der Waals surface area contributed by atoms with E-state index in [-0.39, 0.29) is 0 Å². The van der Waals surface area contributed by atoms with Gasteiger partial charge in [-0.25, -0.2) is 4.98 Å². The third-order valence-electron chi connectivity index (χ3n) is 2.61. The van der Waals surface area contributed by atoms with Crippen LogP contribution in [0.15, 0.2) is 18.5 Å². The summed E-state index contributed by atoms with van der Waals surface area (Å²) >= 11 is 11.5. The van der Waals surface area contributed by atoms with Crippen LogP contribution in [-0.4, -0.2) is 15.9 Å². The zero-order chi connectivity index (χ0) is 18.3. The predicted molar refractivity (Wildman–Crippen MR) is 70.0 cm³/mol. The van der Waals surface area contributed by atoms with Crippen molar-refractivity contribution >= 4 is 23.2 Å². The SMILES string of the molecule is N#Cc1ncn(-c2c(Cl)cc(OC(F)(F)F)cc2Cl)c1C(F)(F)F. The van der Waals surface area contributed by atoms with Crippen molar-refractivity contribution in [2.45, 2.75) is 12.5 Å². The molecule has 0 spiro atoms. The number of hydrogen-bond acceptors (Lipinski definition) is 3. The molecule has 24 heavy (non-hydrogen) atoms. The van der Waals surface area contributed by atoms with Gasteiger partial charge in [0.25, 0.3) is 0 Å². The number of alkyl halides is 6. The average Bonchev–Trinajstić information content (AvgIpc) is 2.79. The Hall–Kier alpha value is -2.12. The fraction of sp³-hybridized carbons (Fsp3) is 0.167. The number of nitriles is 1. The fourth-order valence-electron chi connectivity index (χ4n) is 1.84. The van der Waals surface area contributed by atoms with E-state index in [1.165, 1.54) is 6.07 Å². The van der Waals surface area contributed by atoms with Crippen molar-refractivity contribution in [2.75, 3.05) is 0 Å². The maximum absolute atomic E-state index is 13.1. The van der Waals surface area contributed by atoms with Crippen molar-refractivity contribution in [1.82, 2.24) is 9.55 Å². The number of hydrogen-bond donors (Lipinski definition) is 0. The lowest BCUT2D eigenvalue weighted by Crippen LogP contribution is -2.17. The van der Waals surface area contributed by atoms with Gasteiger partial charge in [0.1, 0.15) is 18.1 Å². The Kier molecular flexibility index (Phi) is 4.61. The van der Waals surface area contributed by atoms with Crippen LogP contribution in [0, 0.1) is 11.3 Å². The first kappa shape index (κ1) is 18.2. The molecule has 0 aliphatic carbocycles. The zero-order valence-electron chi connectivity index (χ0n) is 11.0. The summed E-state index contributed by atoms with van der Waals surface area (Å²) in [5.41, 5.74) is -2.89. The van der Waals surface area contributed by atoms with Gasteiger partial charge in [-0.1, -0.05) is 23.2 Å². The number of nitrogens with zero attached hydrogens (tertiary/aromatic N) is 3. The summed E-state index contributed by atoms with van der Waals surface area (Å²) in [7, 11) is 0. The molecule has 0 fully saturated rings. The summed E-state index contributed by atoms with van der Waals surface area (Å²) in [6, 6.07) is 2.54. The molecule has 0 aliphatic heterocycles. The van der Waals surface area contributed by atoms with Crippen molar-refractivity contribution in [2.24, 2.45) is 0 Å². The van der Waals surface area contributed by atoms with Crippen molar-refractivity contribution in [3.8, 4) is 17.5 Å². The fourth-order valence-corrected chi connectivity index (χ4v) is 2.48. The molecular weight excluding hydrogens is 387 g/mol. The third-order valence-corrected chi connectivity index (χ3v) is 3.18. The Morgan fingerprint density at radius 2 is 1.62 bits per heavy atom. The number of ether oxygens (including phenoxy) is 1. The highest BCUT2D eigenvalue weighted by Gasteiger charge is 2.40. The zero-order valence-corrected chi connectivity index (χ0v) is 12.5. The lowest BCUT2D eigenvalue weighted by Gasteiger charge is -2.16. The second kappa shape index (κ2) is 6.07. The standard InChI is InChI=1S/C12H3Cl2F6N3O/c13-6-1-5(24-12(18,19)20)2-7(14)9(6)23-4-22-8(3-21)10(23)11(15,16)17/h1-2,4H. The molecule has 0 unspecified atom stereocenters. The van der Waals surface area contributed by atoms with Crippen molar-refractivity contribution in [3.63, 3.8) is 0 Å². The van der Waals surface area contributed by atoms with E-state index in [0.717, 1.165) is 0 Å². The predicted octanol–water partition coefficient (Wildman–Crippen LogP) is 4.97. The lowest BCUT2D eigenvalue weighted by atomic mass is 10.2. The summed E-state index contributed by atoms with van der Waals surface area (Å²) in [6.07, 6.45) is -9.37. The third kappa shape index (κ3) is 3.68. The number of imidazole rings is 1. The number of benzene rings is 1. The van der Waals surface area contributed by atoms with Gasteiger partial charge in [-0.05, 0) is 0 Å². The van der Waals surface area contributed by atoms with Gasteiger partial charge >= 0.3 is 12.5 Å². The van der Waals surface area contributed by atoms with Crippen molar-refractivity contribution in [3.05, 3.63) is 39.9 Å². The highest BCUT2D eigenvalue weighted by Crippen LogP contribution is 2.39. The van der Waals surface area contributed by atoms with Crippen molar-refractivity contribution < 1.29 is 31.1 Å². The van der Waals surface area contributed by atoms with Gasteiger partial charge in [0, 0.05) is 12.1 Å². The van der Waals surface area contributed by atoms with Gasteiger partial charge in [0.2, 0.25) is 0 Å². The van der Waals surface area contributed by atoms with Crippen LogP contribution in [0.3, 0.4) is 0 Å². The summed E-state index contributed by atoms with van der Waals surface area (Å²) in [5.74, 6) is -0.810. The molecule has 0 amide bonds. The first-order valence-corrected chi connectivity index (χ1v) is 6.49. The molecule has 1 heterocycles. The van der Waals surface area contributed by atoms with Gasteiger partial charge in [-0.15, -0.1) is 13.2 Å². The topological polar surface area (TPSA) is 50.8 Å². The van der Waals surface area contributed by atoms with E-state index in [2.05, 4.69) is 9.72 Å². The molecule has 0 radical (unpaired) electrons. The highest BCUT2D eigenvalue weighted by atomic mass is 35.5. The van der Waals surface area contributed by atoms with Gasteiger partial charge in [-0.2, -0.15) is 18.4 Å². The molecule has 1 aromatic carbocycles. The van der Waals surface area contributed by atoms with Crippen LogP contribution in [0.4, 0.5) is 26.3 Å². The van der Waals surface area contributed by atoms with E-state index in [9.17, 15) is 26.3 Å². The number of aromatic nitrogens is 2. The maximum atomic E-state index is 13.1. The van der Waals surface area contributed by atoms with Crippen molar-refractivity contribution in [1.29, 1.82) is 5.26 Å². The van der Waals surface area contributed by atoms with Crippen LogP contribution < -0.4 is 4.74 Å². The smallest absolute Gasteiger partial charge is 0.406 e. The molecule has 0 saturated carbocycles. The van der Waals surface area contributed by atoms with Gasteiger partial charge in [0.05, 0.1) is 15.7 Å². The minimum absolute atomic E-state index is 0.376. The van der Waals surface area contributed by atoms with Gasteiger partial charge in [0.15, 0.2) is 11.4 Å². The molecule has 1 aromatic heterocycles. The molecule has 2 rings (SSSR count). The van der Waals surface area contributed by atoms with Crippen LogP contribution in [-0.2, 0) is 6.18 Å². The van der Waals surface area contributed by atoms with Crippen LogP contribution in [0.1, 0.15) is 11.4 Å². The molecule has 0 N–H and O–H groups in total. The minimum Gasteiger partial charge on any atom is -0.406 e. The van der Waals surface area contributed by atoms with E-state index in [4.69, 9.17) is 28.5 Å². The largest absolute Gasteiger partial charge is 0.573 e. The van der Waals surface area contributed by atoms with Crippen LogP contribution in [0.2, 0.25) is 10.0 Å². The Bertz CT molecular complexity index is 799. The summed E-state index contributed by atoms with van der Waals surface area (Å²) in [5, 5.41) is 7.59. The van der Waals surface area contributed by atoms with Gasteiger partial charge in [-0.3, -0.25) is 4.57 Å². The molecule has 0 aliphatic rings. The Morgan fingerprint density at radius 1 is 1.08 bits per heavy atom. The van der Waals surface area contributed by atoms with E-state index < -0.39 is 45.4 Å². The average molecular weight is 390 g/mol. The Balaban J connectivity index is 2.64. The first-order valence-electron chi connectivity index (χ1n) is 5.74. The van der Waals surface area contributed by atoms with E-state index in [1.807, 2.05) is 0 Å². The molecule has 4 nitrogen and oxygen atoms in total. The normalized spacial score (nSPS) is 12.1. The Morgan fingerprint density at radius 3 is 2.04 bits per heavy atom. The van der Waals surface area contributed by atoms with E-state index in [1.54, 1.807) is 0 Å². The summed E-state index contributed by atoms with van der Waals surface area (Å²) in [6.45, 7) is 0. The molecular formula is C12H3Cl2F6N3O. The molecule has 12 heteroatoms. The monoisotopic (exact) mass is 389 g/mol. The number of rotatable bonds is 2. The molecule has 0 saturated heterocycles. The summed E-state index contributed by atoms with van der Waals surface area (Å²) < 4.78 is 79.9. The summed E-state index contributed by atoms with van der Waals surface area (Å²) in [4.78, 5) is 3.29. The quantitative estimate of drug-likeness (QED) is 0.681. The second-order valence-corrected chi connectivity index (χ2v) is 5.02. The second-order valence-electron chi connectivity index (χ2n) is 4.20. The Labute approximate surface area is 139 Å².